The van der Waals surface area contributed by atoms with E-state index in [1.165, 1.54) is 26.4 Å². The van der Waals surface area contributed by atoms with Gasteiger partial charge in [0, 0.05) is 0 Å². The second kappa shape index (κ2) is 6.14. The number of ether oxygens (including phenoxy) is 2. The first-order valence-corrected chi connectivity index (χ1v) is 5.98. The molecular weight excluding hydrogens is 263 g/mol. The smallest absolute Gasteiger partial charge is 0.324 e. The van der Waals surface area contributed by atoms with Crippen LogP contribution in [0.25, 0.3) is 0 Å². The number of methoxy groups -OCH3 is 2. The van der Waals surface area contributed by atoms with Gasteiger partial charge < -0.3 is 14.8 Å². The Kier molecular flexibility index (Phi) is 4.29. The highest BCUT2D eigenvalue weighted by molar-refractivity contribution is 5.33. The average Bonchev–Trinajstić information content (AvgIpc) is 2.47. The molecule has 1 aromatic carbocycles. The van der Waals surface area contributed by atoms with E-state index in [1.807, 2.05) is 6.92 Å². The summed E-state index contributed by atoms with van der Waals surface area (Å²) in [7, 11) is 2.92. The first-order valence-electron chi connectivity index (χ1n) is 5.98. The van der Waals surface area contributed by atoms with Gasteiger partial charge in [-0.1, -0.05) is 12.1 Å². The maximum atomic E-state index is 12.9. The second-order valence-corrected chi connectivity index (χ2v) is 4.05. The van der Waals surface area contributed by atoms with E-state index in [1.54, 1.807) is 12.1 Å². The van der Waals surface area contributed by atoms with Crippen LogP contribution in [0.2, 0.25) is 0 Å². The maximum absolute atomic E-state index is 12.9. The minimum Gasteiger partial charge on any atom is -0.467 e. The Labute approximate surface area is 116 Å². The summed E-state index contributed by atoms with van der Waals surface area (Å²) in [5.41, 5.74) is 0.907. The van der Waals surface area contributed by atoms with Crippen LogP contribution in [-0.2, 0) is 0 Å². The lowest BCUT2D eigenvalue weighted by Gasteiger charge is -2.14. The van der Waals surface area contributed by atoms with Crippen molar-refractivity contribution in [3.8, 4) is 12.0 Å². The Bertz CT molecular complexity index is 555. The molecule has 0 spiro atoms. The van der Waals surface area contributed by atoms with Crippen molar-refractivity contribution in [1.29, 1.82) is 0 Å². The molecule has 7 heteroatoms. The molecule has 0 fully saturated rings. The van der Waals surface area contributed by atoms with Gasteiger partial charge in [-0.2, -0.15) is 9.97 Å². The fourth-order valence-electron chi connectivity index (χ4n) is 1.61. The van der Waals surface area contributed by atoms with Crippen LogP contribution in [0.4, 0.5) is 10.3 Å². The second-order valence-electron chi connectivity index (χ2n) is 4.05. The Morgan fingerprint density at radius 2 is 1.55 bits per heavy atom. The molecule has 0 aliphatic heterocycles. The molecule has 2 aromatic rings. The van der Waals surface area contributed by atoms with E-state index in [2.05, 4.69) is 20.3 Å². The van der Waals surface area contributed by atoms with E-state index in [0.29, 0.717) is 5.95 Å². The zero-order valence-electron chi connectivity index (χ0n) is 11.4. The van der Waals surface area contributed by atoms with Crippen molar-refractivity contribution in [3.63, 3.8) is 0 Å². The predicted molar refractivity (Wildman–Crippen MR) is 71.4 cm³/mol. The van der Waals surface area contributed by atoms with Crippen LogP contribution in [-0.4, -0.2) is 29.2 Å². The molecule has 0 bridgehead atoms. The largest absolute Gasteiger partial charge is 0.467 e. The van der Waals surface area contributed by atoms with Gasteiger partial charge in [-0.15, -0.1) is 4.98 Å². The lowest BCUT2D eigenvalue weighted by atomic mass is 10.1. The van der Waals surface area contributed by atoms with Crippen LogP contribution in [0.3, 0.4) is 0 Å². The number of anilines is 1. The number of nitrogens with zero attached hydrogens (tertiary/aromatic N) is 3. The zero-order valence-corrected chi connectivity index (χ0v) is 11.4. The summed E-state index contributed by atoms with van der Waals surface area (Å²) in [6, 6.07) is 6.42. The van der Waals surface area contributed by atoms with Gasteiger partial charge in [-0.3, -0.25) is 0 Å². The molecular formula is C13H15FN4O2. The number of nitrogens with one attached hydrogen (secondary N) is 1. The number of benzene rings is 1. The van der Waals surface area contributed by atoms with E-state index in [0.717, 1.165) is 5.56 Å². The normalized spacial score (nSPS) is 11.8. The molecule has 6 nitrogen and oxygen atoms in total. The van der Waals surface area contributed by atoms with Crippen LogP contribution in [0.1, 0.15) is 18.5 Å². The van der Waals surface area contributed by atoms with Crippen molar-refractivity contribution in [2.75, 3.05) is 19.5 Å². The van der Waals surface area contributed by atoms with Crippen molar-refractivity contribution >= 4 is 5.95 Å². The number of aromatic nitrogens is 3. The summed E-state index contributed by atoms with van der Waals surface area (Å²) in [5, 5.41) is 3.08. The zero-order chi connectivity index (χ0) is 14.5. The number of hydrogen-bond acceptors (Lipinski definition) is 6. The summed E-state index contributed by atoms with van der Waals surface area (Å²) >= 11 is 0. The Morgan fingerprint density at radius 1 is 1.00 bits per heavy atom. The van der Waals surface area contributed by atoms with E-state index in [4.69, 9.17) is 9.47 Å². The van der Waals surface area contributed by atoms with Crippen molar-refractivity contribution in [1.82, 2.24) is 15.0 Å². The maximum Gasteiger partial charge on any atom is 0.324 e. The minimum absolute atomic E-state index is 0.104. The van der Waals surface area contributed by atoms with Gasteiger partial charge >= 0.3 is 12.0 Å². The topological polar surface area (TPSA) is 69.2 Å². The van der Waals surface area contributed by atoms with Crippen LogP contribution in [0.5, 0.6) is 12.0 Å². The monoisotopic (exact) mass is 278 g/mol. The van der Waals surface area contributed by atoms with Crippen LogP contribution < -0.4 is 14.8 Å². The van der Waals surface area contributed by atoms with Gasteiger partial charge in [0.2, 0.25) is 5.95 Å². The molecule has 1 N–H and O–H groups in total. The highest BCUT2D eigenvalue weighted by Gasteiger charge is 2.11. The first-order chi connectivity index (χ1) is 9.62. The Hall–Kier alpha value is -2.44. The van der Waals surface area contributed by atoms with Gasteiger partial charge in [0.15, 0.2) is 0 Å². The molecule has 0 aliphatic carbocycles. The first kappa shape index (κ1) is 14.0. The van der Waals surface area contributed by atoms with Gasteiger partial charge in [0.1, 0.15) is 5.82 Å². The summed E-state index contributed by atoms with van der Waals surface area (Å²) in [4.78, 5) is 12.1. The van der Waals surface area contributed by atoms with Gasteiger partial charge in [-0.05, 0) is 24.6 Å². The molecule has 1 aromatic heterocycles. The molecule has 1 unspecified atom stereocenters. The third-order valence-electron chi connectivity index (χ3n) is 2.68. The van der Waals surface area contributed by atoms with Crippen LogP contribution >= 0.6 is 0 Å². The molecule has 20 heavy (non-hydrogen) atoms. The molecule has 106 valence electrons. The molecule has 0 saturated carbocycles. The predicted octanol–water partition coefficient (Wildman–Crippen LogP) is 2.20. The Balaban J connectivity index is 2.18. The fourth-order valence-corrected chi connectivity index (χ4v) is 1.61. The van der Waals surface area contributed by atoms with Crippen molar-refractivity contribution < 1.29 is 13.9 Å². The molecule has 0 amide bonds. The minimum atomic E-state index is -0.274. The number of hydrogen-bond donors (Lipinski definition) is 1. The van der Waals surface area contributed by atoms with Gasteiger partial charge in [-0.25, -0.2) is 4.39 Å². The molecule has 2 rings (SSSR count). The molecule has 0 saturated heterocycles. The van der Waals surface area contributed by atoms with E-state index in [9.17, 15) is 4.39 Å². The summed E-state index contributed by atoms with van der Waals surface area (Å²) < 4.78 is 22.8. The third kappa shape index (κ3) is 3.31. The van der Waals surface area contributed by atoms with Gasteiger partial charge in [0.05, 0.1) is 20.3 Å². The summed E-state index contributed by atoms with van der Waals surface area (Å²) in [6.07, 6.45) is 0. The van der Waals surface area contributed by atoms with E-state index in [-0.39, 0.29) is 23.9 Å². The number of rotatable bonds is 5. The summed E-state index contributed by atoms with van der Waals surface area (Å²) in [5.74, 6) is 0.0509. The fraction of sp³-hybridized carbons (Fsp3) is 0.308. The van der Waals surface area contributed by atoms with Crippen molar-refractivity contribution in [2.24, 2.45) is 0 Å². The van der Waals surface area contributed by atoms with Crippen molar-refractivity contribution in [2.45, 2.75) is 13.0 Å². The van der Waals surface area contributed by atoms with Crippen LogP contribution in [0, 0.1) is 5.82 Å². The third-order valence-corrected chi connectivity index (χ3v) is 2.68. The quantitative estimate of drug-likeness (QED) is 0.904. The number of halogens is 1. The highest BCUT2D eigenvalue weighted by atomic mass is 19.1. The Morgan fingerprint density at radius 3 is 2.05 bits per heavy atom. The SMILES string of the molecule is COc1nc(NC(C)c2ccc(F)cc2)nc(OC)n1. The molecule has 0 radical (unpaired) electrons. The van der Waals surface area contributed by atoms with E-state index >= 15 is 0 Å². The average molecular weight is 278 g/mol. The lowest BCUT2D eigenvalue weighted by molar-refractivity contribution is 0.341. The molecule has 0 aliphatic rings. The van der Waals surface area contributed by atoms with Crippen molar-refractivity contribution in [3.05, 3.63) is 35.6 Å². The lowest BCUT2D eigenvalue weighted by Crippen LogP contribution is -2.11. The summed E-state index contributed by atoms with van der Waals surface area (Å²) in [6.45, 7) is 1.91. The standard InChI is InChI=1S/C13H15FN4O2/c1-8(9-4-6-10(14)7-5-9)15-11-16-12(19-2)18-13(17-11)20-3/h4-8H,1-3H3,(H,15,16,17,18). The van der Waals surface area contributed by atoms with E-state index < -0.39 is 0 Å². The van der Waals surface area contributed by atoms with Gasteiger partial charge in [0.25, 0.3) is 0 Å². The van der Waals surface area contributed by atoms with Crippen LogP contribution in [0.15, 0.2) is 24.3 Å². The highest BCUT2D eigenvalue weighted by Crippen LogP contribution is 2.19. The molecule has 1 heterocycles. The molecule has 1 atom stereocenters.